The number of nitrogens with one attached hydrogen (secondary N) is 2. The van der Waals surface area contributed by atoms with Crippen molar-refractivity contribution in [2.45, 2.75) is 62.7 Å². The zero-order valence-corrected chi connectivity index (χ0v) is 17.1. The number of furan rings is 1. The molecular weight excluding hydrogens is 396 g/mol. The van der Waals surface area contributed by atoms with E-state index in [0.29, 0.717) is 17.7 Å². The number of aliphatic hydroxyl groups is 2. The van der Waals surface area contributed by atoms with Gasteiger partial charge in [-0.2, -0.15) is 8.42 Å². The Labute approximate surface area is 169 Å². The lowest BCUT2D eigenvalue weighted by atomic mass is 9.98. The van der Waals surface area contributed by atoms with E-state index in [-0.39, 0.29) is 5.56 Å². The van der Waals surface area contributed by atoms with Crippen LogP contribution in [0.25, 0.3) is 0 Å². The predicted molar refractivity (Wildman–Crippen MR) is 105 cm³/mol. The summed E-state index contributed by atoms with van der Waals surface area (Å²) in [4.78, 5) is 12.5. The van der Waals surface area contributed by atoms with E-state index in [0.717, 1.165) is 48.6 Å². The summed E-state index contributed by atoms with van der Waals surface area (Å²) < 4.78 is 32.0. The number of fused-ring (bicyclic) bond motifs is 2. The number of aliphatic hydroxyl groups excluding tert-OH is 1. The third kappa shape index (κ3) is 3.65. The van der Waals surface area contributed by atoms with E-state index in [1.54, 1.807) is 0 Å². The lowest BCUT2D eigenvalue weighted by Crippen LogP contribution is -2.35. The standard InChI is InChI=1S/C20H24N2O6S/c1-20(2,25)13-9-16(28-10-13)29(26,27)22-19(24)21-18-14-5-3-4-11(14)8-12-6-7-15(23)17(12)18/h8-10,15,23,25H,3-7H2,1-2H3,(H2,21,22,24). The highest BCUT2D eigenvalue weighted by atomic mass is 32.2. The summed E-state index contributed by atoms with van der Waals surface area (Å²) in [5.74, 6) is 0. The number of anilines is 1. The molecule has 8 nitrogen and oxygen atoms in total. The SMILES string of the molecule is CC(C)(O)c1coc(S(=O)(=O)NC(=O)Nc2c3c(cc4c2C(O)CC4)CCC3)c1. The largest absolute Gasteiger partial charge is 0.451 e. The molecule has 29 heavy (non-hydrogen) atoms. The molecule has 4 N–H and O–H groups in total. The first kappa shape index (κ1) is 19.9. The number of sulfonamides is 1. The fourth-order valence-corrected chi connectivity index (χ4v) is 4.93. The van der Waals surface area contributed by atoms with Gasteiger partial charge in [-0.15, -0.1) is 0 Å². The first-order chi connectivity index (χ1) is 13.6. The molecule has 1 aromatic carbocycles. The van der Waals surface area contributed by atoms with Gasteiger partial charge in [0.15, 0.2) is 0 Å². The van der Waals surface area contributed by atoms with Gasteiger partial charge in [-0.3, -0.25) is 0 Å². The van der Waals surface area contributed by atoms with Crippen LogP contribution in [-0.4, -0.2) is 24.7 Å². The Kier molecular flexibility index (Phi) is 4.71. The van der Waals surface area contributed by atoms with Crippen LogP contribution in [0.1, 0.15) is 60.6 Å². The Morgan fingerprint density at radius 2 is 1.97 bits per heavy atom. The van der Waals surface area contributed by atoms with Crippen LogP contribution in [0.2, 0.25) is 0 Å². The average molecular weight is 420 g/mol. The van der Waals surface area contributed by atoms with Crippen LogP contribution in [0.3, 0.4) is 0 Å². The molecule has 4 rings (SSSR count). The molecule has 1 aromatic heterocycles. The molecule has 9 heteroatoms. The van der Waals surface area contributed by atoms with Crippen molar-refractivity contribution in [1.29, 1.82) is 0 Å². The smallest absolute Gasteiger partial charge is 0.333 e. The quantitative estimate of drug-likeness (QED) is 0.601. The van der Waals surface area contributed by atoms with Gasteiger partial charge in [0.1, 0.15) is 0 Å². The molecule has 0 bridgehead atoms. The van der Waals surface area contributed by atoms with Crippen molar-refractivity contribution in [1.82, 2.24) is 4.72 Å². The summed E-state index contributed by atoms with van der Waals surface area (Å²) in [6.07, 6.45) is 4.39. The Bertz CT molecular complexity index is 1080. The minimum absolute atomic E-state index is 0.278. The number of urea groups is 1. The molecular formula is C20H24N2O6S. The third-order valence-corrected chi connectivity index (χ3v) is 6.76. The molecule has 1 heterocycles. The van der Waals surface area contributed by atoms with E-state index >= 15 is 0 Å². The van der Waals surface area contributed by atoms with Gasteiger partial charge in [0.2, 0.25) is 5.09 Å². The number of benzene rings is 1. The second-order valence-corrected chi connectivity index (χ2v) is 9.76. The average Bonchev–Trinajstić information content (AvgIpc) is 3.33. The highest BCUT2D eigenvalue weighted by Crippen LogP contribution is 2.43. The fourth-order valence-electron chi connectivity index (χ4n) is 4.08. The van der Waals surface area contributed by atoms with E-state index in [2.05, 4.69) is 11.4 Å². The zero-order valence-electron chi connectivity index (χ0n) is 16.3. The maximum Gasteiger partial charge on any atom is 0.333 e. The Balaban J connectivity index is 1.59. The van der Waals surface area contributed by atoms with Gasteiger partial charge in [0, 0.05) is 17.2 Å². The van der Waals surface area contributed by atoms with Crippen LogP contribution in [0, 0.1) is 0 Å². The Morgan fingerprint density at radius 3 is 2.66 bits per heavy atom. The van der Waals surface area contributed by atoms with Gasteiger partial charge in [0.05, 0.1) is 23.7 Å². The van der Waals surface area contributed by atoms with Crippen LogP contribution in [0.15, 0.2) is 27.9 Å². The number of carbonyl (C=O) groups is 1. The maximum absolute atomic E-state index is 12.5. The van der Waals surface area contributed by atoms with Crippen molar-refractivity contribution >= 4 is 21.7 Å². The first-order valence-corrected chi connectivity index (χ1v) is 11.1. The normalized spacial score (nSPS) is 18.4. The number of carbonyl (C=O) groups excluding carboxylic acids is 1. The number of hydrogen-bond donors (Lipinski definition) is 4. The highest BCUT2D eigenvalue weighted by molar-refractivity contribution is 7.89. The molecule has 2 aliphatic carbocycles. The molecule has 2 aliphatic rings. The number of aryl methyl sites for hydroxylation is 2. The summed E-state index contributed by atoms with van der Waals surface area (Å²) >= 11 is 0. The van der Waals surface area contributed by atoms with Gasteiger partial charge in [-0.05, 0) is 62.6 Å². The number of amides is 2. The van der Waals surface area contributed by atoms with Gasteiger partial charge < -0.3 is 19.9 Å². The molecule has 0 fully saturated rings. The van der Waals surface area contributed by atoms with Crippen LogP contribution in [0.5, 0.6) is 0 Å². The Hall–Kier alpha value is -2.36. The zero-order chi connectivity index (χ0) is 21.0. The lowest BCUT2D eigenvalue weighted by Gasteiger charge is -2.18. The highest BCUT2D eigenvalue weighted by Gasteiger charge is 2.31. The van der Waals surface area contributed by atoms with Crippen LogP contribution in [0.4, 0.5) is 10.5 Å². The van der Waals surface area contributed by atoms with Crippen molar-refractivity contribution < 1.29 is 27.8 Å². The van der Waals surface area contributed by atoms with E-state index in [4.69, 9.17) is 4.42 Å². The molecule has 0 saturated heterocycles. The monoisotopic (exact) mass is 420 g/mol. The van der Waals surface area contributed by atoms with Gasteiger partial charge in [-0.1, -0.05) is 6.07 Å². The van der Waals surface area contributed by atoms with Gasteiger partial charge >= 0.3 is 6.03 Å². The van der Waals surface area contributed by atoms with E-state index in [1.165, 1.54) is 19.9 Å². The van der Waals surface area contributed by atoms with Crippen LogP contribution < -0.4 is 10.0 Å². The van der Waals surface area contributed by atoms with Gasteiger partial charge in [-0.25, -0.2) is 9.52 Å². The molecule has 1 atom stereocenters. The van der Waals surface area contributed by atoms with Gasteiger partial charge in [0.25, 0.3) is 10.0 Å². The summed E-state index contributed by atoms with van der Waals surface area (Å²) in [6, 6.07) is 2.35. The third-order valence-electron chi connectivity index (χ3n) is 5.56. The first-order valence-electron chi connectivity index (χ1n) is 9.57. The van der Waals surface area contributed by atoms with Crippen LogP contribution in [-0.2, 0) is 34.9 Å². The van der Waals surface area contributed by atoms with E-state index < -0.39 is 32.9 Å². The fraction of sp³-hybridized carbons (Fsp3) is 0.450. The van der Waals surface area contributed by atoms with Crippen molar-refractivity contribution in [3.05, 3.63) is 46.2 Å². The maximum atomic E-state index is 12.5. The van der Waals surface area contributed by atoms with E-state index in [1.807, 2.05) is 4.72 Å². The lowest BCUT2D eigenvalue weighted by molar-refractivity contribution is 0.0779. The van der Waals surface area contributed by atoms with Crippen LogP contribution >= 0.6 is 0 Å². The van der Waals surface area contributed by atoms with Crippen molar-refractivity contribution in [2.75, 3.05) is 5.32 Å². The summed E-state index contributed by atoms with van der Waals surface area (Å²) in [6.45, 7) is 2.99. The molecule has 1 unspecified atom stereocenters. The molecule has 0 saturated carbocycles. The summed E-state index contributed by atoms with van der Waals surface area (Å²) in [5.41, 5.74) is 3.29. The Morgan fingerprint density at radius 1 is 1.21 bits per heavy atom. The van der Waals surface area contributed by atoms with E-state index in [9.17, 15) is 23.4 Å². The second kappa shape index (κ2) is 6.86. The second-order valence-electron chi connectivity index (χ2n) is 8.14. The predicted octanol–water partition coefficient (Wildman–Crippen LogP) is 2.49. The molecule has 2 amide bonds. The van der Waals surface area contributed by atoms with Crippen molar-refractivity contribution in [3.63, 3.8) is 0 Å². The molecule has 0 spiro atoms. The summed E-state index contributed by atoms with van der Waals surface area (Å²) in [7, 11) is -4.26. The molecule has 0 radical (unpaired) electrons. The minimum atomic E-state index is -4.26. The number of rotatable bonds is 4. The molecule has 2 aromatic rings. The molecule has 156 valence electrons. The van der Waals surface area contributed by atoms with Crippen molar-refractivity contribution in [3.8, 4) is 0 Å². The van der Waals surface area contributed by atoms with Crippen molar-refractivity contribution in [2.24, 2.45) is 0 Å². The topological polar surface area (TPSA) is 129 Å². The summed E-state index contributed by atoms with van der Waals surface area (Å²) in [5, 5.41) is 22.5. The molecule has 0 aliphatic heterocycles. The number of hydrogen-bond acceptors (Lipinski definition) is 6. The minimum Gasteiger partial charge on any atom is -0.451 e.